The zero-order valence-corrected chi connectivity index (χ0v) is 18.7. The van der Waals surface area contributed by atoms with Crippen molar-refractivity contribution in [2.45, 2.75) is 48.8 Å². The fourth-order valence-corrected chi connectivity index (χ4v) is 4.70. The van der Waals surface area contributed by atoms with Crippen molar-refractivity contribution in [2.24, 2.45) is 0 Å². The summed E-state index contributed by atoms with van der Waals surface area (Å²) in [6.07, 6.45) is -6.31. The summed E-state index contributed by atoms with van der Waals surface area (Å²) in [5.41, 5.74) is 1.71. The van der Waals surface area contributed by atoms with Crippen molar-refractivity contribution >= 4 is 10.0 Å². The second kappa shape index (κ2) is 10.3. The van der Waals surface area contributed by atoms with Crippen molar-refractivity contribution in [3.05, 3.63) is 59.2 Å². The zero-order valence-electron chi connectivity index (χ0n) is 17.9. The van der Waals surface area contributed by atoms with Gasteiger partial charge >= 0.3 is 0 Å². The minimum atomic E-state index is -3.77. The quantitative estimate of drug-likeness (QED) is 0.368. The molecule has 0 aromatic heterocycles. The first-order valence-corrected chi connectivity index (χ1v) is 11.8. The Labute approximate surface area is 187 Å². The van der Waals surface area contributed by atoms with Gasteiger partial charge in [0.15, 0.2) is 0 Å². The summed E-state index contributed by atoms with van der Waals surface area (Å²) in [7, 11) is -2.45. The van der Waals surface area contributed by atoms with Crippen LogP contribution in [-0.4, -0.2) is 73.5 Å². The van der Waals surface area contributed by atoms with Crippen molar-refractivity contribution in [1.82, 2.24) is 4.72 Å². The molecular weight excluding hydrogens is 438 g/mol. The van der Waals surface area contributed by atoms with Gasteiger partial charge in [-0.1, -0.05) is 24.3 Å². The standard InChI is InChI=1S/C22H29NO8S/c1-3-30-16-7-4-13(5-8-16)10-15-11-14(6-9-18(15)32(28,29)23-2)22-21(27)20(26)19(25)17(12-24)31-22/h4-9,11,17,19-27H,3,10,12H2,1-2H3/t17-,19-,20+,21-,22+/m1/s1. The van der Waals surface area contributed by atoms with Gasteiger partial charge in [-0.15, -0.1) is 0 Å². The van der Waals surface area contributed by atoms with Gasteiger partial charge in [-0.2, -0.15) is 0 Å². The largest absolute Gasteiger partial charge is 0.494 e. The summed E-state index contributed by atoms with van der Waals surface area (Å²) < 4.78 is 38.5. The van der Waals surface area contributed by atoms with Gasteiger partial charge in [0.25, 0.3) is 0 Å². The van der Waals surface area contributed by atoms with Gasteiger partial charge < -0.3 is 29.9 Å². The van der Waals surface area contributed by atoms with Gasteiger partial charge in [0, 0.05) is 0 Å². The molecule has 1 fully saturated rings. The first-order chi connectivity index (χ1) is 15.2. The number of sulfonamides is 1. The van der Waals surface area contributed by atoms with Crippen LogP contribution in [0.2, 0.25) is 0 Å². The van der Waals surface area contributed by atoms with Crippen molar-refractivity contribution in [1.29, 1.82) is 0 Å². The lowest BCUT2D eigenvalue weighted by molar-refractivity contribution is -0.231. The molecule has 5 N–H and O–H groups in total. The van der Waals surface area contributed by atoms with E-state index in [0.717, 1.165) is 5.56 Å². The van der Waals surface area contributed by atoms with Crippen molar-refractivity contribution in [2.75, 3.05) is 20.3 Å². The maximum atomic E-state index is 12.6. The third-order valence-corrected chi connectivity index (χ3v) is 7.01. The average molecular weight is 468 g/mol. The van der Waals surface area contributed by atoms with E-state index in [2.05, 4.69) is 4.72 Å². The number of aliphatic hydroxyl groups excluding tert-OH is 4. The first kappa shape index (κ1) is 24.6. The molecule has 176 valence electrons. The monoisotopic (exact) mass is 467 g/mol. The third kappa shape index (κ3) is 5.12. The Balaban J connectivity index is 1.99. The molecule has 5 atom stereocenters. The Morgan fingerprint density at radius 2 is 1.72 bits per heavy atom. The highest BCUT2D eigenvalue weighted by Gasteiger charge is 2.44. The number of benzene rings is 2. The van der Waals surface area contributed by atoms with E-state index in [1.807, 2.05) is 19.1 Å². The average Bonchev–Trinajstić information content (AvgIpc) is 2.79. The molecule has 0 unspecified atom stereocenters. The molecule has 0 radical (unpaired) electrons. The summed E-state index contributed by atoms with van der Waals surface area (Å²) in [6, 6.07) is 11.8. The Hall–Kier alpha value is -2.05. The second-order valence-electron chi connectivity index (χ2n) is 7.58. The van der Waals surface area contributed by atoms with Crippen LogP contribution in [-0.2, 0) is 21.2 Å². The molecule has 0 aliphatic carbocycles. The van der Waals surface area contributed by atoms with E-state index >= 15 is 0 Å². The Bertz CT molecular complexity index is 1010. The van der Waals surface area contributed by atoms with E-state index in [-0.39, 0.29) is 11.3 Å². The van der Waals surface area contributed by atoms with E-state index in [1.54, 1.807) is 18.2 Å². The van der Waals surface area contributed by atoms with Crippen molar-refractivity contribution in [3.8, 4) is 5.75 Å². The second-order valence-corrected chi connectivity index (χ2v) is 9.43. The molecule has 2 aromatic rings. The first-order valence-electron chi connectivity index (χ1n) is 10.3. The minimum Gasteiger partial charge on any atom is -0.494 e. The van der Waals surface area contributed by atoms with Crippen molar-refractivity contribution < 1.29 is 38.3 Å². The lowest BCUT2D eigenvalue weighted by Crippen LogP contribution is -2.55. The van der Waals surface area contributed by atoms with Gasteiger partial charge in [0.05, 0.1) is 18.1 Å². The van der Waals surface area contributed by atoms with Crippen molar-refractivity contribution in [3.63, 3.8) is 0 Å². The number of nitrogens with one attached hydrogen (secondary N) is 1. The van der Waals surface area contributed by atoms with E-state index in [4.69, 9.17) is 9.47 Å². The van der Waals surface area contributed by atoms with Crippen LogP contribution in [0.1, 0.15) is 29.7 Å². The lowest BCUT2D eigenvalue weighted by atomic mass is 9.90. The molecule has 2 aromatic carbocycles. The van der Waals surface area contributed by atoms with Crippen LogP contribution in [0.4, 0.5) is 0 Å². The normalized spacial score (nSPS) is 26.1. The van der Waals surface area contributed by atoms with Gasteiger partial charge in [0.1, 0.15) is 36.3 Å². The summed E-state index contributed by atoms with van der Waals surface area (Å²) >= 11 is 0. The van der Waals surface area contributed by atoms with E-state index in [9.17, 15) is 28.8 Å². The number of hydrogen-bond donors (Lipinski definition) is 5. The molecule has 0 saturated carbocycles. The van der Waals surface area contributed by atoms with E-state index in [0.29, 0.717) is 23.5 Å². The molecule has 1 heterocycles. The molecule has 10 heteroatoms. The highest BCUT2D eigenvalue weighted by molar-refractivity contribution is 7.89. The maximum Gasteiger partial charge on any atom is 0.240 e. The Morgan fingerprint density at radius 3 is 2.31 bits per heavy atom. The molecule has 32 heavy (non-hydrogen) atoms. The predicted octanol–water partition coefficient (Wildman–Crippen LogP) is 0.0991. The van der Waals surface area contributed by atoms with Gasteiger partial charge in [-0.05, 0) is 55.3 Å². The molecular formula is C22H29NO8S. The molecule has 0 amide bonds. The van der Waals surface area contributed by atoms with Gasteiger partial charge in [-0.3, -0.25) is 0 Å². The predicted molar refractivity (Wildman–Crippen MR) is 116 cm³/mol. The number of ether oxygens (including phenoxy) is 2. The Kier molecular flexibility index (Phi) is 7.88. The fourth-order valence-electron chi connectivity index (χ4n) is 3.75. The molecule has 9 nitrogen and oxygen atoms in total. The van der Waals surface area contributed by atoms with Crippen LogP contribution in [0.3, 0.4) is 0 Å². The minimum absolute atomic E-state index is 0.0715. The SMILES string of the molecule is CCOc1ccc(Cc2cc([C@@H]3O[C@H](CO)[C@@H](O)[C@H](O)[C@H]3O)ccc2S(=O)(=O)NC)cc1. The number of rotatable bonds is 8. The molecule has 0 spiro atoms. The van der Waals surface area contributed by atoms with E-state index in [1.165, 1.54) is 19.2 Å². The van der Waals surface area contributed by atoms with Crippen LogP contribution in [0.5, 0.6) is 5.75 Å². The van der Waals surface area contributed by atoms with Crippen LogP contribution < -0.4 is 9.46 Å². The number of hydrogen-bond acceptors (Lipinski definition) is 8. The topological polar surface area (TPSA) is 146 Å². The number of aliphatic hydroxyl groups is 4. The molecule has 1 saturated heterocycles. The van der Waals surface area contributed by atoms with Crippen LogP contribution in [0.15, 0.2) is 47.4 Å². The molecule has 0 bridgehead atoms. The third-order valence-electron chi connectivity index (χ3n) is 5.49. The van der Waals surface area contributed by atoms with Crippen LogP contribution in [0, 0.1) is 0 Å². The maximum absolute atomic E-state index is 12.6. The summed E-state index contributed by atoms with van der Waals surface area (Å²) in [4.78, 5) is 0.0715. The summed E-state index contributed by atoms with van der Waals surface area (Å²) in [5.74, 6) is 0.703. The highest BCUT2D eigenvalue weighted by atomic mass is 32.2. The van der Waals surface area contributed by atoms with Crippen LogP contribution in [0.25, 0.3) is 0 Å². The summed E-state index contributed by atoms with van der Waals surface area (Å²) in [6.45, 7) is 1.87. The van der Waals surface area contributed by atoms with Crippen LogP contribution >= 0.6 is 0 Å². The smallest absolute Gasteiger partial charge is 0.240 e. The highest BCUT2D eigenvalue weighted by Crippen LogP contribution is 2.34. The molecule has 1 aliphatic heterocycles. The molecule has 3 rings (SSSR count). The lowest BCUT2D eigenvalue weighted by Gasteiger charge is -2.40. The summed E-state index contributed by atoms with van der Waals surface area (Å²) in [5, 5.41) is 40.0. The van der Waals surface area contributed by atoms with E-state index < -0.39 is 47.2 Å². The van der Waals surface area contributed by atoms with Gasteiger partial charge in [-0.25, -0.2) is 13.1 Å². The zero-order chi connectivity index (χ0) is 23.5. The Morgan fingerprint density at radius 1 is 1.03 bits per heavy atom. The molecule has 1 aliphatic rings. The fraction of sp³-hybridized carbons (Fsp3) is 0.455. The van der Waals surface area contributed by atoms with Gasteiger partial charge in [0.2, 0.25) is 10.0 Å².